The van der Waals surface area contributed by atoms with Crippen LogP contribution in [-0.2, 0) is 4.79 Å². The first-order chi connectivity index (χ1) is 5.16. The molecule has 5 nitrogen and oxygen atoms in total. The van der Waals surface area contributed by atoms with Gasteiger partial charge in [-0.1, -0.05) is 0 Å². The van der Waals surface area contributed by atoms with E-state index in [2.05, 4.69) is 10.8 Å². The van der Waals surface area contributed by atoms with Gasteiger partial charge in [0.2, 0.25) is 0 Å². The highest BCUT2D eigenvalue weighted by Gasteiger charge is 1.82. The number of aldehydes is 1. The van der Waals surface area contributed by atoms with Gasteiger partial charge in [-0.25, -0.2) is 10.2 Å². The maximum absolute atomic E-state index is 10.0. The lowest BCUT2D eigenvalue weighted by atomic mass is 10.3. The average molecular weight is 155 g/mol. The maximum Gasteiger partial charge on any atom is 0.332 e. The zero-order valence-corrected chi connectivity index (χ0v) is 6.07. The lowest BCUT2D eigenvalue weighted by molar-refractivity contribution is -0.104. The number of nitrogens with two attached hydrogens (primary N) is 1. The first kappa shape index (κ1) is 9.35. The Hall–Kier alpha value is -1.65. The largest absolute Gasteiger partial charge is 0.350 e. The summed E-state index contributed by atoms with van der Waals surface area (Å²) in [6.45, 7) is 1.61. The molecule has 0 aliphatic heterocycles. The summed E-state index contributed by atoms with van der Waals surface area (Å²) in [5.74, 6) is 0. The molecule has 0 spiro atoms. The molecule has 0 aromatic rings. The Kier molecular flexibility index (Phi) is 4.39. The third-order valence-corrected chi connectivity index (χ3v) is 0.773. The van der Waals surface area contributed by atoms with E-state index in [4.69, 9.17) is 0 Å². The molecule has 0 aliphatic rings. The lowest BCUT2D eigenvalue weighted by Gasteiger charge is -1.87. The molecule has 0 aromatic carbocycles. The van der Waals surface area contributed by atoms with Gasteiger partial charge in [-0.15, -0.1) is 0 Å². The Morgan fingerprint density at radius 2 is 2.27 bits per heavy atom. The average Bonchev–Trinajstić information content (AvgIpc) is 1.97. The Labute approximate surface area is 64.0 Å². The number of carbonyl (C=O) groups excluding carboxylic acids is 2. The monoisotopic (exact) mass is 155 g/mol. The highest BCUT2D eigenvalue weighted by atomic mass is 16.2. The number of amides is 2. The zero-order valence-electron chi connectivity index (χ0n) is 6.07. The molecule has 0 heterocycles. The number of rotatable bonds is 3. The van der Waals surface area contributed by atoms with Crippen molar-refractivity contribution < 1.29 is 9.59 Å². The number of carbonyl (C=O) groups is 2. The summed E-state index contributed by atoms with van der Waals surface area (Å²) >= 11 is 0. The van der Waals surface area contributed by atoms with Crippen LogP contribution in [0.4, 0.5) is 4.79 Å². The van der Waals surface area contributed by atoms with Crippen LogP contribution in [0.1, 0.15) is 6.92 Å². The number of hydrogen-bond donors (Lipinski definition) is 2. The Bertz CT molecular complexity index is 208. The van der Waals surface area contributed by atoms with Gasteiger partial charge in [-0.3, -0.25) is 4.79 Å². The quantitative estimate of drug-likeness (QED) is 0.255. The van der Waals surface area contributed by atoms with E-state index >= 15 is 0 Å². The second kappa shape index (κ2) is 5.16. The van der Waals surface area contributed by atoms with Crippen molar-refractivity contribution in [1.29, 1.82) is 0 Å². The van der Waals surface area contributed by atoms with E-state index in [0.717, 1.165) is 0 Å². The number of allylic oxidation sites excluding steroid dienone is 2. The summed E-state index contributed by atoms with van der Waals surface area (Å²) in [4.78, 5) is 20.0. The topological polar surface area (TPSA) is 84.6 Å². The zero-order chi connectivity index (χ0) is 8.69. The number of hydrogen-bond acceptors (Lipinski definition) is 3. The molecule has 0 fully saturated rings. The van der Waals surface area contributed by atoms with E-state index in [0.29, 0.717) is 11.9 Å². The summed E-state index contributed by atoms with van der Waals surface area (Å²) in [5, 5.41) is 3.37. The van der Waals surface area contributed by atoms with Crippen LogP contribution in [0.2, 0.25) is 0 Å². The first-order valence-corrected chi connectivity index (χ1v) is 2.87. The number of nitrogens with one attached hydrogen (secondary N) is 1. The molecule has 2 amide bonds. The fourth-order valence-electron chi connectivity index (χ4n) is 0.295. The minimum absolute atomic E-state index is 0.514. The summed E-state index contributed by atoms with van der Waals surface area (Å²) < 4.78 is 0. The molecule has 0 aliphatic carbocycles. The molecule has 0 atom stereocenters. The van der Waals surface area contributed by atoms with Crippen LogP contribution in [0.15, 0.2) is 16.8 Å². The van der Waals surface area contributed by atoms with Crippen molar-refractivity contribution in [3.8, 4) is 0 Å². The van der Waals surface area contributed by atoms with Gasteiger partial charge in [0.15, 0.2) is 0 Å². The van der Waals surface area contributed by atoms with Gasteiger partial charge < -0.3 is 5.73 Å². The van der Waals surface area contributed by atoms with Crippen LogP contribution in [0.5, 0.6) is 0 Å². The number of hydrazone groups is 1. The van der Waals surface area contributed by atoms with E-state index in [1.165, 1.54) is 12.3 Å². The van der Waals surface area contributed by atoms with Gasteiger partial charge in [0, 0.05) is 6.21 Å². The van der Waals surface area contributed by atoms with Crippen LogP contribution in [0.25, 0.3) is 0 Å². The van der Waals surface area contributed by atoms with Crippen LogP contribution in [0, 0.1) is 0 Å². The molecular formula is C6H9N3O2. The van der Waals surface area contributed by atoms with Crippen LogP contribution >= 0.6 is 0 Å². The van der Waals surface area contributed by atoms with E-state index < -0.39 is 6.03 Å². The fourth-order valence-corrected chi connectivity index (χ4v) is 0.295. The van der Waals surface area contributed by atoms with Crippen molar-refractivity contribution in [2.24, 2.45) is 10.8 Å². The molecule has 11 heavy (non-hydrogen) atoms. The Morgan fingerprint density at radius 1 is 1.64 bits per heavy atom. The minimum atomic E-state index is -0.738. The number of urea groups is 1. The third kappa shape index (κ3) is 6.23. The normalized spacial score (nSPS) is 11.5. The van der Waals surface area contributed by atoms with Crippen molar-refractivity contribution in [1.82, 2.24) is 5.43 Å². The highest BCUT2D eigenvalue weighted by molar-refractivity contribution is 5.84. The van der Waals surface area contributed by atoms with E-state index in [1.807, 2.05) is 5.43 Å². The van der Waals surface area contributed by atoms with Crippen molar-refractivity contribution in [2.75, 3.05) is 0 Å². The van der Waals surface area contributed by atoms with E-state index in [9.17, 15) is 9.59 Å². The van der Waals surface area contributed by atoms with Gasteiger partial charge in [0.05, 0.1) is 0 Å². The SMILES string of the molecule is C/C(C=O)=C\C=N\NC(N)=O. The predicted molar refractivity (Wildman–Crippen MR) is 41.0 cm³/mol. The number of nitrogens with zero attached hydrogens (tertiary/aromatic N) is 1. The number of primary amides is 1. The Balaban J connectivity index is 3.76. The van der Waals surface area contributed by atoms with Gasteiger partial charge in [-0.2, -0.15) is 5.10 Å². The maximum atomic E-state index is 10.0. The van der Waals surface area contributed by atoms with Crippen LogP contribution in [-0.4, -0.2) is 18.5 Å². The van der Waals surface area contributed by atoms with Crippen LogP contribution < -0.4 is 11.2 Å². The summed E-state index contributed by atoms with van der Waals surface area (Å²) in [6, 6.07) is -0.738. The standard InChI is InChI=1S/C6H9N3O2/c1-5(4-10)2-3-8-9-6(7)11/h2-4H,1H3,(H3,7,9,11)/b5-2+,8-3+. The summed E-state index contributed by atoms with van der Waals surface area (Å²) in [5.41, 5.74) is 7.17. The van der Waals surface area contributed by atoms with Gasteiger partial charge in [-0.05, 0) is 18.6 Å². The highest BCUT2D eigenvalue weighted by Crippen LogP contribution is 1.80. The van der Waals surface area contributed by atoms with Gasteiger partial charge >= 0.3 is 6.03 Å². The second-order valence-corrected chi connectivity index (χ2v) is 1.78. The molecule has 0 saturated heterocycles. The lowest BCUT2D eigenvalue weighted by Crippen LogP contribution is -2.24. The molecule has 60 valence electrons. The van der Waals surface area contributed by atoms with Crippen molar-refractivity contribution in [3.63, 3.8) is 0 Å². The molecule has 3 N–H and O–H groups in total. The van der Waals surface area contributed by atoms with E-state index in [-0.39, 0.29) is 0 Å². The molecular weight excluding hydrogens is 146 g/mol. The smallest absolute Gasteiger partial charge is 0.332 e. The van der Waals surface area contributed by atoms with Gasteiger partial charge in [0.25, 0.3) is 0 Å². The molecule has 0 radical (unpaired) electrons. The van der Waals surface area contributed by atoms with Crippen molar-refractivity contribution >= 4 is 18.5 Å². The fraction of sp³-hybridized carbons (Fsp3) is 0.167. The molecule has 0 bridgehead atoms. The molecule has 0 saturated carbocycles. The van der Waals surface area contributed by atoms with Crippen molar-refractivity contribution in [2.45, 2.75) is 6.92 Å². The predicted octanol–water partition coefficient (Wildman–Crippen LogP) is -0.214. The van der Waals surface area contributed by atoms with Crippen molar-refractivity contribution in [3.05, 3.63) is 11.6 Å². The summed E-state index contributed by atoms with van der Waals surface area (Å²) in [7, 11) is 0. The Morgan fingerprint density at radius 3 is 2.73 bits per heavy atom. The molecule has 0 unspecified atom stereocenters. The second-order valence-electron chi connectivity index (χ2n) is 1.78. The van der Waals surface area contributed by atoms with Gasteiger partial charge in [0.1, 0.15) is 6.29 Å². The molecule has 5 heteroatoms. The van der Waals surface area contributed by atoms with E-state index in [1.54, 1.807) is 6.92 Å². The first-order valence-electron chi connectivity index (χ1n) is 2.87. The summed E-state index contributed by atoms with van der Waals surface area (Å²) in [6.07, 6.45) is 3.40. The minimum Gasteiger partial charge on any atom is -0.350 e. The van der Waals surface area contributed by atoms with Crippen LogP contribution in [0.3, 0.4) is 0 Å². The molecule has 0 rings (SSSR count). The third-order valence-electron chi connectivity index (χ3n) is 0.773. The molecule has 0 aromatic heterocycles.